The topological polar surface area (TPSA) is 37.3 Å². The number of hydrogen-bond donors (Lipinski definition) is 1. The molecular weight excluding hydrogens is 291 g/mol. The first-order valence-corrected chi connectivity index (χ1v) is 8.49. The van der Waals surface area contributed by atoms with Crippen molar-refractivity contribution in [3.63, 3.8) is 0 Å². The molecule has 0 aromatic carbocycles. The van der Waals surface area contributed by atoms with Crippen LogP contribution in [-0.4, -0.2) is 11.1 Å². The van der Waals surface area contributed by atoms with Gasteiger partial charge in [-0.1, -0.05) is 90.4 Å². The van der Waals surface area contributed by atoms with Crippen LogP contribution in [0.3, 0.4) is 0 Å². The Bertz CT molecular complexity index is 195. The van der Waals surface area contributed by atoms with Gasteiger partial charge in [-0.15, -0.1) is 0 Å². The summed E-state index contributed by atoms with van der Waals surface area (Å²) in [5.74, 6) is -0.654. The van der Waals surface area contributed by atoms with Crippen molar-refractivity contribution in [2.24, 2.45) is 0 Å². The third-order valence-corrected chi connectivity index (χ3v) is 3.74. The van der Waals surface area contributed by atoms with Crippen LogP contribution in [0.4, 0.5) is 0 Å². The van der Waals surface area contributed by atoms with Gasteiger partial charge in [0, 0.05) is 23.5 Å². The van der Waals surface area contributed by atoms with Crippen molar-refractivity contribution in [2.75, 3.05) is 0 Å². The van der Waals surface area contributed by atoms with Gasteiger partial charge in [0.25, 0.3) is 0 Å². The SMILES string of the molecule is CCCCCCCCCCCCCCCCC(=O)O.[Mn]. The summed E-state index contributed by atoms with van der Waals surface area (Å²) in [6, 6.07) is 0. The molecule has 0 aliphatic carbocycles. The van der Waals surface area contributed by atoms with Gasteiger partial charge in [-0.2, -0.15) is 0 Å². The second kappa shape index (κ2) is 19.0. The molecule has 0 bridgehead atoms. The zero-order valence-corrected chi connectivity index (χ0v) is 14.5. The summed E-state index contributed by atoms with van der Waals surface area (Å²) in [5.41, 5.74) is 0. The number of carboxylic acid groups (broad SMARTS) is 1. The molecule has 0 unspecified atom stereocenters. The summed E-state index contributed by atoms with van der Waals surface area (Å²) in [7, 11) is 0. The van der Waals surface area contributed by atoms with Crippen LogP contribution >= 0.6 is 0 Å². The molecule has 0 saturated carbocycles. The van der Waals surface area contributed by atoms with E-state index in [-0.39, 0.29) is 17.1 Å². The van der Waals surface area contributed by atoms with Crippen molar-refractivity contribution < 1.29 is 27.0 Å². The first-order valence-electron chi connectivity index (χ1n) is 8.49. The Hall–Kier alpha value is -0.0105. The van der Waals surface area contributed by atoms with Gasteiger partial charge in [-0.3, -0.25) is 4.79 Å². The van der Waals surface area contributed by atoms with Crippen molar-refractivity contribution in [1.29, 1.82) is 0 Å². The minimum atomic E-state index is -0.654. The average molecular weight is 325 g/mol. The van der Waals surface area contributed by atoms with E-state index in [9.17, 15) is 4.79 Å². The summed E-state index contributed by atoms with van der Waals surface area (Å²) in [6.07, 6.45) is 18.7. The molecular formula is C17H34MnO2. The van der Waals surface area contributed by atoms with Gasteiger partial charge in [0.05, 0.1) is 0 Å². The van der Waals surface area contributed by atoms with E-state index in [0.29, 0.717) is 6.42 Å². The quantitative estimate of drug-likeness (QED) is 0.299. The largest absolute Gasteiger partial charge is 0.481 e. The Morgan fingerprint density at radius 3 is 1.25 bits per heavy atom. The maximum atomic E-state index is 10.3. The number of rotatable bonds is 15. The zero-order chi connectivity index (χ0) is 14.2. The fourth-order valence-electron chi connectivity index (χ4n) is 2.47. The van der Waals surface area contributed by atoms with Crippen LogP contribution in [-0.2, 0) is 21.9 Å². The second-order valence-electron chi connectivity index (χ2n) is 5.74. The molecule has 121 valence electrons. The third kappa shape index (κ3) is 20.3. The number of unbranched alkanes of at least 4 members (excludes halogenated alkanes) is 13. The first-order chi connectivity index (χ1) is 9.27. The maximum Gasteiger partial charge on any atom is 0.303 e. The number of aliphatic carboxylic acids is 1. The normalized spacial score (nSPS) is 10.2. The minimum absolute atomic E-state index is 0. The molecule has 0 rings (SSSR count). The molecule has 0 saturated heterocycles. The Morgan fingerprint density at radius 2 is 0.950 bits per heavy atom. The zero-order valence-electron chi connectivity index (χ0n) is 13.3. The minimum Gasteiger partial charge on any atom is -0.481 e. The van der Waals surface area contributed by atoms with E-state index in [1.807, 2.05) is 0 Å². The molecule has 3 heteroatoms. The van der Waals surface area contributed by atoms with E-state index >= 15 is 0 Å². The third-order valence-electron chi connectivity index (χ3n) is 3.74. The fourth-order valence-corrected chi connectivity index (χ4v) is 2.47. The Kier molecular flexibility index (Phi) is 21.1. The molecule has 1 N–H and O–H groups in total. The molecule has 0 atom stereocenters. The van der Waals surface area contributed by atoms with Crippen molar-refractivity contribution in [1.82, 2.24) is 0 Å². The van der Waals surface area contributed by atoms with Gasteiger partial charge in [0.1, 0.15) is 0 Å². The van der Waals surface area contributed by atoms with Gasteiger partial charge < -0.3 is 5.11 Å². The molecule has 0 amide bonds. The molecule has 0 aromatic heterocycles. The van der Waals surface area contributed by atoms with E-state index in [2.05, 4.69) is 6.92 Å². The van der Waals surface area contributed by atoms with Gasteiger partial charge in [0.2, 0.25) is 0 Å². The summed E-state index contributed by atoms with van der Waals surface area (Å²) in [4.78, 5) is 10.3. The molecule has 20 heavy (non-hydrogen) atoms. The summed E-state index contributed by atoms with van der Waals surface area (Å²) >= 11 is 0. The van der Waals surface area contributed by atoms with Gasteiger partial charge in [-0.05, 0) is 6.42 Å². The van der Waals surface area contributed by atoms with Crippen LogP contribution in [0.1, 0.15) is 103 Å². The average Bonchev–Trinajstić information content (AvgIpc) is 2.39. The van der Waals surface area contributed by atoms with Gasteiger partial charge in [-0.25, -0.2) is 0 Å². The Balaban J connectivity index is 0. The smallest absolute Gasteiger partial charge is 0.303 e. The van der Waals surface area contributed by atoms with E-state index in [0.717, 1.165) is 12.8 Å². The molecule has 0 aromatic rings. The summed E-state index contributed by atoms with van der Waals surface area (Å²) < 4.78 is 0. The molecule has 0 spiro atoms. The first kappa shape index (κ1) is 22.3. The second-order valence-corrected chi connectivity index (χ2v) is 5.74. The van der Waals surface area contributed by atoms with Crippen molar-refractivity contribution in [3.05, 3.63) is 0 Å². The van der Waals surface area contributed by atoms with Crippen molar-refractivity contribution in [2.45, 2.75) is 103 Å². The van der Waals surface area contributed by atoms with Crippen LogP contribution in [0.25, 0.3) is 0 Å². The van der Waals surface area contributed by atoms with Crippen molar-refractivity contribution >= 4 is 5.97 Å². The Labute approximate surface area is 136 Å². The van der Waals surface area contributed by atoms with E-state index in [1.165, 1.54) is 77.0 Å². The molecule has 0 fully saturated rings. The van der Waals surface area contributed by atoms with Gasteiger partial charge >= 0.3 is 5.97 Å². The van der Waals surface area contributed by atoms with Crippen LogP contribution in [0.2, 0.25) is 0 Å². The van der Waals surface area contributed by atoms with Gasteiger partial charge in [0.15, 0.2) is 0 Å². The van der Waals surface area contributed by atoms with Crippen molar-refractivity contribution in [3.8, 4) is 0 Å². The van der Waals surface area contributed by atoms with Crippen LogP contribution in [0, 0.1) is 0 Å². The predicted octanol–water partition coefficient (Wildman–Crippen LogP) is 5.94. The predicted molar refractivity (Wildman–Crippen MR) is 82.6 cm³/mol. The van der Waals surface area contributed by atoms with E-state index in [1.54, 1.807) is 0 Å². The number of hydrogen-bond acceptors (Lipinski definition) is 1. The van der Waals surface area contributed by atoms with Crippen LogP contribution in [0.5, 0.6) is 0 Å². The maximum absolute atomic E-state index is 10.3. The molecule has 0 aliphatic rings. The summed E-state index contributed by atoms with van der Waals surface area (Å²) in [5, 5.41) is 8.50. The summed E-state index contributed by atoms with van der Waals surface area (Å²) in [6.45, 7) is 2.27. The molecule has 1 radical (unpaired) electrons. The van der Waals surface area contributed by atoms with Crippen LogP contribution in [0.15, 0.2) is 0 Å². The fraction of sp³-hybridized carbons (Fsp3) is 0.941. The molecule has 2 nitrogen and oxygen atoms in total. The van der Waals surface area contributed by atoms with Crippen LogP contribution < -0.4 is 0 Å². The van der Waals surface area contributed by atoms with E-state index < -0.39 is 5.97 Å². The number of carbonyl (C=O) groups is 1. The molecule has 0 heterocycles. The van der Waals surface area contributed by atoms with E-state index in [4.69, 9.17) is 5.11 Å². The monoisotopic (exact) mass is 325 g/mol. The molecule has 0 aliphatic heterocycles. The number of carboxylic acids is 1. The standard InChI is InChI=1S/C17H34O2.Mn/c1-2-3-4-5-6-7-8-9-10-11-12-13-14-15-16-17(18)19;/h2-16H2,1H3,(H,18,19);. The Morgan fingerprint density at radius 1 is 0.650 bits per heavy atom.